The SMILES string of the molecule is COC(=O)Oc1c(-c2ccc(F)cc2)nc(C(C)C)c(C(O)c2ccc(C(F)(F)F)cc2)c1-c1ccc(F)cc1. The lowest BCUT2D eigenvalue weighted by molar-refractivity contribution is -0.137. The van der Waals surface area contributed by atoms with Crippen LogP contribution in [0.25, 0.3) is 22.4 Å². The molecule has 10 heteroatoms. The van der Waals surface area contributed by atoms with Gasteiger partial charge in [0.05, 0.1) is 18.4 Å². The van der Waals surface area contributed by atoms with E-state index in [9.17, 15) is 31.9 Å². The van der Waals surface area contributed by atoms with Gasteiger partial charge in [0, 0.05) is 16.7 Å². The summed E-state index contributed by atoms with van der Waals surface area (Å²) >= 11 is 0. The lowest BCUT2D eigenvalue weighted by atomic mass is 9.86. The van der Waals surface area contributed by atoms with Crippen molar-refractivity contribution in [2.75, 3.05) is 7.11 Å². The fourth-order valence-corrected chi connectivity index (χ4v) is 4.27. The van der Waals surface area contributed by atoms with E-state index in [1.165, 1.54) is 48.5 Å². The first-order valence-electron chi connectivity index (χ1n) is 12.1. The minimum absolute atomic E-state index is 0.108. The van der Waals surface area contributed by atoms with E-state index >= 15 is 0 Å². The summed E-state index contributed by atoms with van der Waals surface area (Å²) in [4.78, 5) is 17.1. The van der Waals surface area contributed by atoms with Gasteiger partial charge in [0.25, 0.3) is 0 Å². The van der Waals surface area contributed by atoms with Gasteiger partial charge < -0.3 is 14.6 Å². The average molecular weight is 558 g/mol. The van der Waals surface area contributed by atoms with Crippen molar-refractivity contribution < 1.29 is 41.3 Å². The number of hydrogen-bond acceptors (Lipinski definition) is 5. The number of methoxy groups -OCH3 is 1. The molecule has 0 aliphatic rings. The molecule has 0 radical (unpaired) electrons. The molecule has 0 aliphatic carbocycles. The number of benzene rings is 3. The summed E-state index contributed by atoms with van der Waals surface area (Å²) in [5, 5.41) is 11.6. The van der Waals surface area contributed by atoms with Gasteiger partial charge in [0.2, 0.25) is 0 Å². The molecule has 0 saturated heterocycles. The molecule has 1 unspecified atom stereocenters. The third kappa shape index (κ3) is 5.96. The Morgan fingerprint density at radius 2 is 1.38 bits per heavy atom. The molecule has 208 valence electrons. The van der Waals surface area contributed by atoms with Gasteiger partial charge in [0.15, 0.2) is 5.75 Å². The number of pyridine rings is 1. The first-order chi connectivity index (χ1) is 18.9. The van der Waals surface area contributed by atoms with Crippen molar-refractivity contribution in [2.24, 2.45) is 0 Å². The van der Waals surface area contributed by atoms with Gasteiger partial charge in [-0.05, 0) is 65.6 Å². The monoisotopic (exact) mass is 557 g/mol. The minimum atomic E-state index is -4.58. The number of ether oxygens (including phenoxy) is 2. The van der Waals surface area contributed by atoms with Crippen LogP contribution >= 0.6 is 0 Å². The standard InChI is InChI=1S/C30H24F5NO4/c1-16(2)25-24(27(37)19-4-10-20(11-5-19)30(33,34)35)23(17-6-12-21(31)13-7-17)28(40-29(38)39-3)26(36-25)18-8-14-22(32)15-9-18/h4-16,27,37H,1-3H3. The summed E-state index contributed by atoms with van der Waals surface area (Å²) < 4.78 is 77.5. The zero-order valence-corrected chi connectivity index (χ0v) is 21.6. The first-order valence-corrected chi connectivity index (χ1v) is 12.1. The Labute approximate surface area is 226 Å². The molecule has 0 aliphatic heterocycles. The lowest BCUT2D eigenvalue weighted by Crippen LogP contribution is -2.16. The first kappa shape index (κ1) is 28.7. The molecule has 1 N–H and O–H groups in total. The van der Waals surface area contributed by atoms with Crippen LogP contribution in [0.1, 0.15) is 48.3 Å². The Balaban J connectivity index is 2.09. The largest absolute Gasteiger partial charge is 0.513 e. The normalized spacial score (nSPS) is 12.3. The summed E-state index contributed by atoms with van der Waals surface area (Å²) in [6.07, 6.45) is -7.23. The maximum Gasteiger partial charge on any atom is 0.513 e. The number of aliphatic hydroxyl groups is 1. The van der Waals surface area contributed by atoms with Crippen molar-refractivity contribution in [3.63, 3.8) is 0 Å². The van der Waals surface area contributed by atoms with Crippen molar-refractivity contribution >= 4 is 6.16 Å². The Hall–Kier alpha value is -4.31. The molecule has 1 aromatic heterocycles. The maximum absolute atomic E-state index is 13.9. The van der Waals surface area contributed by atoms with Crippen molar-refractivity contribution in [1.29, 1.82) is 0 Å². The van der Waals surface area contributed by atoms with Crippen LogP contribution in [0, 0.1) is 11.6 Å². The van der Waals surface area contributed by atoms with E-state index in [-0.39, 0.29) is 34.1 Å². The topological polar surface area (TPSA) is 68.7 Å². The Morgan fingerprint density at radius 1 is 0.850 bits per heavy atom. The fourth-order valence-electron chi connectivity index (χ4n) is 4.27. The number of aliphatic hydroxyl groups excluding tert-OH is 1. The number of aromatic nitrogens is 1. The molecule has 3 aromatic carbocycles. The summed E-state index contributed by atoms with van der Waals surface area (Å²) in [6.45, 7) is 3.57. The number of hydrogen-bond donors (Lipinski definition) is 1. The van der Waals surface area contributed by atoms with Crippen LogP contribution in [-0.2, 0) is 10.9 Å². The van der Waals surface area contributed by atoms with E-state index in [0.29, 0.717) is 16.8 Å². The lowest BCUT2D eigenvalue weighted by Gasteiger charge is -2.26. The van der Waals surface area contributed by atoms with Crippen molar-refractivity contribution in [3.8, 4) is 28.1 Å². The van der Waals surface area contributed by atoms with Crippen LogP contribution in [-0.4, -0.2) is 23.4 Å². The van der Waals surface area contributed by atoms with Crippen LogP contribution in [0.2, 0.25) is 0 Å². The molecule has 0 amide bonds. The molecule has 1 heterocycles. The maximum atomic E-state index is 13.9. The molecule has 1 atom stereocenters. The summed E-state index contributed by atoms with van der Waals surface area (Å²) in [6, 6.07) is 14.3. The molecule has 4 aromatic rings. The van der Waals surface area contributed by atoms with Gasteiger partial charge in [-0.15, -0.1) is 0 Å². The quantitative estimate of drug-likeness (QED) is 0.192. The van der Waals surface area contributed by atoms with Crippen molar-refractivity contribution in [3.05, 3.63) is 107 Å². The highest BCUT2D eigenvalue weighted by atomic mass is 19.4. The number of carbonyl (C=O) groups is 1. The van der Waals surface area contributed by atoms with Gasteiger partial charge in [-0.25, -0.2) is 18.6 Å². The summed E-state index contributed by atoms with van der Waals surface area (Å²) in [5.41, 5.74) is 0.585. The van der Waals surface area contributed by atoms with Crippen LogP contribution < -0.4 is 4.74 Å². The third-order valence-electron chi connectivity index (χ3n) is 6.20. The molecule has 0 bridgehead atoms. The predicted octanol–water partition coefficient (Wildman–Crippen LogP) is 8.06. The number of nitrogens with zero attached hydrogens (tertiary/aromatic N) is 1. The van der Waals surface area contributed by atoms with Gasteiger partial charge >= 0.3 is 12.3 Å². The second-order valence-electron chi connectivity index (χ2n) is 9.21. The summed E-state index contributed by atoms with van der Waals surface area (Å²) in [7, 11) is 1.09. The highest BCUT2D eigenvalue weighted by Crippen LogP contribution is 2.47. The second kappa shape index (κ2) is 11.4. The Bertz CT molecular complexity index is 1500. The van der Waals surface area contributed by atoms with Crippen molar-refractivity contribution in [2.45, 2.75) is 32.0 Å². The number of rotatable bonds is 6. The van der Waals surface area contributed by atoms with E-state index in [1.807, 2.05) is 0 Å². The van der Waals surface area contributed by atoms with E-state index in [2.05, 4.69) is 0 Å². The van der Waals surface area contributed by atoms with E-state index in [4.69, 9.17) is 14.5 Å². The zero-order chi connectivity index (χ0) is 29.2. The van der Waals surface area contributed by atoms with Crippen LogP contribution in [0.4, 0.5) is 26.7 Å². The van der Waals surface area contributed by atoms with Crippen LogP contribution in [0.15, 0.2) is 72.8 Å². The van der Waals surface area contributed by atoms with Crippen LogP contribution in [0.5, 0.6) is 5.75 Å². The number of carbonyl (C=O) groups excluding carboxylic acids is 1. The van der Waals surface area contributed by atoms with Gasteiger partial charge in [-0.2, -0.15) is 13.2 Å². The molecule has 40 heavy (non-hydrogen) atoms. The smallest absolute Gasteiger partial charge is 0.437 e. The fraction of sp³-hybridized carbons (Fsp3) is 0.200. The van der Waals surface area contributed by atoms with Gasteiger partial charge in [-0.3, -0.25) is 0 Å². The minimum Gasteiger partial charge on any atom is -0.437 e. The van der Waals surface area contributed by atoms with E-state index in [0.717, 1.165) is 31.4 Å². The number of alkyl halides is 3. The third-order valence-corrected chi connectivity index (χ3v) is 6.20. The molecular weight excluding hydrogens is 533 g/mol. The molecule has 0 fully saturated rings. The molecule has 5 nitrogen and oxygen atoms in total. The second-order valence-corrected chi connectivity index (χ2v) is 9.21. The van der Waals surface area contributed by atoms with Crippen molar-refractivity contribution in [1.82, 2.24) is 4.98 Å². The average Bonchev–Trinajstić information content (AvgIpc) is 2.92. The van der Waals surface area contributed by atoms with Gasteiger partial charge in [-0.1, -0.05) is 38.1 Å². The van der Waals surface area contributed by atoms with E-state index in [1.54, 1.807) is 13.8 Å². The van der Waals surface area contributed by atoms with Gasteiger partial charge in [0.1, 0.15) is 23.4 Å². The molecule has 0 spiro atoms. The zero-order valence-electron chi connectivity index (χ0n) is 21.6. The van der Waals surface area contributed by atoms with E-state index < -0.39 is 35.6 Å². The van der Waals surface area contributed by atoms with Crippen LogP contribution in [0.3, 0.4) is 0 Å². The molecule has 0 saturated carbocycles. The molecule has 4 rings (SSSR count). The summed E-state index contributed by atoms with van der Waals surface area (Å²) in [5.74, 6) is -1.60. The highest BCUT2D eigenvalue weighted by Gasteiger charge is 2.33. The highest BCUT2D eigenvalue weighted by molar-refractivity contribution is 5.86. The Morgan fingerprint density at radius 3 is 1.85 bits per heavy atom. The predicted molar refractivity (Wildman–Crippen MR) is 138 cm³/mol. The number of halogens is 5. The molecular formula is C30H24F5NO4. The Kier molecular flexibility index (Phi) is 8.20.